The number of nitrogens with one attached hydrogen (secondary N) is 1. The standard InChI is InChI=1S/C7H10ClN3/c1-5(2)10-7-4-9-3-6(8)11-7/h3-5H,1-2H3,(H,10,11). The summed E-state index contributed by atoms with van der Waals surface area (Å²) in [6.45, 7) is 4.06. The van der Waals surface area contributed by atoms with E-state index in [1.54, 1.807) is 6.20 Å². The maximum absolute atomic E-state index is 5.61. The fraction of sp³-hybridized carbons (Fsp3) is 0.429. The normalized spacial score (nSPS) is 10.2. The van der Waals surface area contributed by atoms with Gasteiger partial charge in [0.15, 0.2) is 0 Å². The second-order valence-electron chi connectivity index (χ2n) is 2.53. The lowest BCUT2D eigenvalue weighted by Gasteiger charge is -2.07. The highest BCUT2D eigenvalue weighted by Crippen LogP contribution is 2.07. The second kappa shape index (κ2) is 3.53. The summed E-state index contributed by atoms with van der Waals surface area (Å²) in [5.41, 5.74) is 0. The molecule has 0 aliphatic carbocycles. The maximum Gasteiger partial charge on any atom is 0.149 e. The van der Waals surface area contributed by atoms with Crippen molar-refractivity contribution in [3.05, 3.63) is 17.5 Å². The van der Waals surface area contributed by atoms with E-state index in [2.05, 4.69) is 15.3 Å². The molecule has 0 aromatic carbocycles. The van der Waals surface area contributed by atoms with Crippen LogP contribution in [0.2, 0.25) is 5.15 Å². The van der Waals surface area contributed by atoms with Crippen LogP contribution in [0.1, 0.15) is 13.8 Å². The van der Waals surface area contributed by atoms with Gasteiger partial charge in [0.2, 0.25) is 0 Å². The summed E-state index contributed by atoms with van der Waals surface area (Å²) in [6.07, 6.45) is 3.15. The number of hydrogen-bond donors (Lipinski definition) is 1. The Morgan fingerprint density at radius 1 is 1.45 bits per heavy atom. The molecule has 0 atom stereocenters. The molecule has 0 aliphatic rings. The zero-order valence-electron chi connectivity index (χ0n) is 6.50. The molecule has 1 heterocycles. The van der Waals surface area contributed by atoms with E-state index in [1.165, 1.54) is 6.20 Å². The fourth-order valence-corrected chi connectivity index (χ4v) is 0.855. The average molecular weight is 172 g/mol. The molecule has 60 valence electrons. The summed E-state index contributed by atoms with van der Waals surface area (Å²) in [7, 11) is 0. The molecule has 1 N–H and O–H groups in total. The van der Waals surface area contributed by atoms with Crippen molar-refractivity contribution in [2.24, 2.45) is 0 Å². The predicted molar refractivity (Wildman–Crippen MR) is 45.8 cm³/mol. The van der Waals surface area contributed by atoms with E-state index in [0.29, 0.717) is 17.0 Å². The van der Waals surface area contributed by atoms with E-state index in [-0.39, 0.29) is 0 Å². The Labute approximate surface area is 70.8 Å². The molecule has 4 heteroatoms. The van der Waals surface area contributed by atoms with E-state index in [9.17, 15) is 0 Å². The minimum atomic E-state index is 0.350. The minimum absolute atomic E-state index is 0.350. The summed E-state index contributed by atoms with van der Waals surface area (Å²) >= 11 is 5.61. The number of nitrogens with zero attached hydrogens (tertiary/aromatic N) is 2. The summed E-state index contributed by atoms with van der Waals surface area (Å²) < 4.78 is 0. The molecule has 0 amide bonds. The maximum atomic E-state index is 5.61. The molecule has 0 spiro atoms. The zero-order valence-corrected chi connectivity index (χ0v) is 7.26. The zero-order chi connectivity index (χ0) is 8.27. The third kappa shape index (κ3) is 2.72. The van der Waals surface area contributed by atoms with E-state index in [0.717, 1.165) is 0 Å². The summed E-state index contributed by atoms with van der Waals surface area (Å²) in [5.74, 6) is 0.715. The monoisotopic (exact) mass is 171 g/mol. The van der Waals surface area contributed by atoms with Crippen molar-refractivity contribution in [3.63, 3.8) is 0 Å². The molecule has 0 unspecified atom stereocenters. The van der Waals surface area contributed by atoms with Crippen LogP contribution in [0.5, 0.6) is 0 Å². The van der Waals surface area contributed by atoms with Gasteiger partial charge >= 0.3 is 0 Å². The van der Waals surface area contributed by atoms with Gasteiger partial charge in [-0.1, -0.05) is 11.6 Å². The Morgan fingerprint density at radius 2 is 2.18 bits per heavy atom. The van der Waals surface area contributed by atoms with Crippen molar-refractivity contribution >= 4 is 17.4 Å². The highest BCUT2D eigenvalue weighted by Gasteiger charge is 1.96. The van der Waals surface area contributed by atoms with E-state index >= 15 is 0 Å². The SMILES string of the molecule is CC(C)Nc1cncc(Cl)n1. The average Bonchev–Trinajstić information content (AvgIpc) is 1.85. The molecule has 0 saturated carbocycles. The van der Waals surface area contributed by atoms with Crippen molar-refractivity contribution in [1.82, 2.24) is 9.97 Å². The van der Waals surface area contributed by atoms with Gasteiger partial charge in [0, 0.05) is 6.04 Å². The minimum Gasteiger partial charge on any atom is -0.367 e. The first-order valence-electron chi connectivity index (χ1n) is 3.42. The van der Waals surface area contributed by atoms with Gasteiger partial charge in [-0.25, -0.2) is 4.98 Å². The van der Waals surface area contributed by atoms with Gasteiger partial charge in [0.1, 0.15) is 11.0 Å². The topological polar surface area (TPSA) is 37.8 Å². The Morgan fingerprint density at radius 3 is 2.73 bits per heavy atom. The van der Waals surface area contributed by atoms with Crippen LogP contribution < -0.4 is 5.32 Å². The quantitative estimate of drug-likeness (QED) is 0.739. The van der Waals surface area contributed by atoms with Crippen LogP contribution in [0, 0.1) is 0 Å². The molecule has 1 aromatic heterocycles. The predicted octanol–water partition coefficient (Wildman–Crippen LogP) is 1.95. The van der Waals surface area contributed by atoms with Crippen LogP contribution >= 0.6 is 11.6 Å². The van der Waals surface area contributed by atoms with Gasteiger partial charge in [-0.3, -0.25) is 4.98 Å². The molecule has 11 heavy (non-hydrogen) atoms. The molecular weight excluding hydrogens is 162 g/mol. The number of aromatic nitrogens is 2. The Balaban J connectivity index is 2.71. The lowest BCUT2D eigenvalue weighted by molar-refractivity contribution is 0.886. The van der Waals surface area contributed by atoms with Gasteiger partial charge in [-0.05, 0) is 13.8 Å². The largest absolute Gasteiger partial charge is 0.367 e. The van der Waals surface area contributed by atoms with E-state index in [1.807, 2.05) is 13.8 Å². The van der Waals surface area contributed by atoms with Gasteiger partial charge in [-0.15, -0.1) is 0 Å². The van der Waals surface area contributed by atoms with Crippen LogP contribution in [-0.4, -0.2) is 16.0 Å². The number of hydrogen-bond acceptors (Lipinski definition) is 3. The number of halogens is 1. The van der Waals surface area contributed by atoms with Gasteiger partial charge < -0.3 is 5.32 Å². The van der Waals surface area contributed by atoms with Crippen molar-refractivity contribution in [2.45, 2.75) is 19.9 Å². The first-order chi connectivity index (χ1) is 5.18. The Kier molecular flexibility index (Phi) is 2.65. The number of anilines is 1. The van der Waals surface area contributed by atoms with Crippen LogP contribution in [-0.2, 0) is 0 Å². The highest BCUT2D eigenvalue weighted by atomic mass is 35.5. The Hall–Kier alpha value is -0.830. The molecule has 0 radical (unpaired) electrons. The highest BCUT2D eigenvalue weighted by molar-refractivity contribution is 6.29. The number of rotatable bonds is 2. The lowest BCUT2D eigenvalue weighted by Crippen LogP contribution is -2.11. The van der Waals surface area contributed by atoms with Crippen molar-refractivity contribution in [3.8, 4) is 0 Å². The summed E-state index contributed by atoms with van der Waals surface area (Å²) in [4.78, 5) is 7.89. The van der Waals surface area contributed by atoms with Crippen LogP contribution in [0.25, 0.3) is 0 Å². The molecule has 0 bridgehead atoms. The summed E-state index contributed by atoms with van der Waals surface area (Å²) in [6, 6.07) is 0.350. The van der Waals surface area contributed by atoms with Crippen molar-refractivity contribution in [2.75, 3.05) is 5.32 Å². The van der Waals surface area contributed by atoms with Crippen molar-refractivity contribution < 1.29 is 0 Å². The van der Waals surface area contributed by atoms with E-state index < -0.39 is 0 Å². The van der Waals surface area contributed by atoms with Gasteiger partial charge in [-0.2, -0.15) is 0 Å². The molecule has 1 aromatic rings. The molecule has 3 nitrogen and oxygen atoms in total. The third-order valence-corrected chi connectivity index (χ3v) is 1.22. The van der Waals surface area contributed by atoms with Crippen LogP contribution in [0.4, 0.5) is 5.82 Å². The molecule has 1 rings (SSSR count). The van der Waals surface area contributed by atoms with Crippen LogP contribution in [0.15, 0.2) is 12.4 Å². The second-order valence-corrected chi connectivity index (χ2v) is 2.91. The first-order valence-corrected chi connectivity index (χ1v) is 3.80. The summed E-state index contributed by atoms with van der Waals surface area (Å²) in [5, 5.41) is 3.50. The van der Waals surface area contributed by atoms with Crippen molar-refractivity contribution in [1.29, 1.82) is 0 Å². The van der Waals surface area contributed by atoms with Gasteiger partial charge in [0.05, 0.1) is 12.4 Å². The molecular formula is C7H10ClN3. The fourth-order valence-electron chi connectivity index (χ4n) is 0.707. The molecule has 0 saturated heterocycles. The first kappa shape index (κ1) is 8.27. The lowest BCUT2D eigenvalue weighted by atomic mass is 10.4. The Bertz CT molecular complexity index is 237. The molecule has 0 fully saturated rings. The van der Waals surface area contributed by atoms with Gasteiger partial charge in [0.25, 0.3) is 0 Å². The van der Waals surface area contributed by atoms with E-state index in [4.69, 9.17) is 11.6 Å². The third-order valence-electron chi connectivity index (χ3n) is 1.04. The smallest absolute Gasteiger partial charge is 0.149 e. The molecule has 0 aliphatic heterocycles. The van der Waals surface area contributed by atoms with Crippen LogP contribution in [0.3, 0.4) is 0 Å².